The molecule has 1 unspecified atom stereocenters. The average molecular weight is 325 g/mol. The fraction of sp³-hybridized carbons (Fsp3) is 0.286. The van der Waals surface area contributed by atoms with Crippen molar-refractivity contribution in [1.29, 1.82) is 0 Å². The van der Waals surface area contributed by atoms with E-state index in [0.29, 0.717) is 0 Å². The van der Waals surface area contributed by atoms with Gasteiger partial charge >= 0.3 is 0 Å². The van der Waals surface area contributed by atoms with Crippen molar-refractivity contribution in [2.45, 2.75) is 6.04 Å². The highest BCUT2D eigenvalue weighted by Crippen LogP contribution is 2.32. The normalized spacial score (nSPS) is 12.4. The van der Waals surface area contributed by atoms with Gasteiger partial charge < -0.3 is 10.2 Å². The van der Waals surface area contributed by atoms with Crippen LogP contribution in [0.5, 0.6) is 0 Å². The summed E-state index contributed by atoms with van der Waals surface area (Å²) in [6.07, 6.45) is 0. The zero-order valence-corrected chi connectivity index (χ0v) is 13.2. The van der Waals surface area contributed by atoms with E-state index in [0.717, 1.165) is 0 Å². The molecule has 0 saturated heterocycles. The molecular weight excluding hydrogens is 308 g/mol. The molecule has 0 aliphatic carbocycles. The molecule has 1 heterocycles. The number of hydrogen-bond acceptors (Lipinski definition) is 3. The van der Waals surface area contributed by atoms with Gasteiger partial charge in [0.1, 0.15) is 0 Å². The standard InChI is InChI=1S/C14H17BrN2S/c1-16-14(12-8-18-9-13(12)15)10-5-4-6-11(7-10)17(2)3/h4-9,14,16H,1-3H3. The molecule has 0 amide bonds. The summed E-state index contributed by atoms with van der Waals surface area (Å²) in [4.78, 5) is 2.12. The van der Waals surface area contributed by atoms with Crippen LogP contribution in [-0.2, 0) is 0 Å². The summed E-state index contributed by atoms with van der Waals surface area (Å²) < 4.78 is 1.17. The van der Waals surface area contributed by atoms with Gasteiger partial charge in [0.2, 0.25) is 0 Å². The third kappa shape index (κ3) is 2.76. The largest absolute Gasteiger partial charge is 0.378 e. The SMILES string of the molecule is CNC(c1cccc(N(C)C)c1)c1cscc1Br. The number of nitrogens with zero attached hydrogens (tertiary/aromatic N) is 1. The molecule has 1 aromatic heterocycles. The number of thiophene rings is 1. The van der Waals surface area contributed by atoms with Gasteiger partial charge in [-0.15, -0.1) is 0 Å². The number of benzene rings is 1. The first-order valence-corrected chi connectivity index (χ1v) is 7.53. The van der Waals surface area contributed by atoms with Gasteiger partial charge in [0.15, 0.2) is 0 Å². The zero-order chi connectivity index (χ0) is 13.1. The van der Waals surface area contributed by atoms with Crippen LogP contribution in [0, 0.1) is 0 Å². The number of nitrogens with one attached hydrogen (secondary N) is 1. The van der Waals surface area contributed by atoms with Crippen LogP contribution in [0.2, 0.25) is 0 Å². The summed E-state index contributed by atoms with van der Waals surface area (Å²) in [6.45, 7) is 0. The Balaban J connectivity index is 2.39. The third-order valence-corrected chi connectivity index (χ3v) is 4.71. The van der Waals surface area contributed by atoms with Crippen LogP contribution in [0.4, 0.5) is 5.69 Å². The van der Waals surface area contributed by atoms with Gasteiger partial charge in [-0.3, -0.25) is 0 Å². The van der Waals surface area contributed by atoms with Crippen molar-refractivity contribution in [3.63, 3.8) is 0 Å². The van der Waals surface area contributed by atoms with Gasteiger partial charge in [-0.25, -0.2) is 0 Å². The quantitative estimate of drug-likeness (QED) is 0.918. The van der Waals surface area contributed by atoms with Crippen LogP contribution >= 0.6 is 27.3 Å². The van der Waals surface area contributed by atoms with Crippen LogP contribution in [0.25, 0.3) is 0 Å². The van der Waals surface area contributed by atoms with Crippen LogP contribution < -0.4 is 10.2 Å². The molecule has 1 N–H and O–H groups in total. The van der Waals surface area contributed by atoms with Crippen LogP contribution in [0.1, 0.15) is 17.2 Å². The molecule has 1 aromatic carbocycles. The Kier molecular flexibility index (Phi) is 4.43. The Morgan fingerprint density at radius 3 is 2.61 bits per heavy atom. The smallest absolute Gasteiger partial charge is 0.0594 e. The van der Waals surface area contributed by atoms with Gasteiger partial charge in [0, 0.05) is 29.6 Å². The van der Waals surface area contributed by atoms with Crippen molar-refractivity contribution in [2.75, 3.05) is 26.0 Å². The first-order valence-electron chi connectivity index (χ1n) is 5.79. The average Bonchev–Trinajstić information content (AvgIpc) is 2.77. The van der Waals surface area contributed by atoms with Crippen LogP contribution in [-0.4, -0.2) is 21.1 Å². The Morgan fingerprint density at radius 1 is 1.28 bits per heavy atom. The first-order chi connectivity index (χ1) is 8.63. The minimum Gasteiger partial charge on any atom is -0.378 e. The lowest BCUT2D eigenvalue weighted by Crippen LogP contribution is -2.18. The van der Waals surface area contributed by atoms with Gasteiger partial charge in [0.05, 0.1) is 6.04 Å². The van der Waals surface area contributed by atoms with E-state index in [-0.39, 0.29) is 6.04 Å². The van der Waals surface area contributed by atoms with Gasteiger partial charge in [0.25, 0.3) is 0 Å². The van der Waals surface area contributed by atoms with Crippen molar-refractivity contribution in [3.05, 3.63) is 50.6 Å². The molecule has 0 aliphatic heterocycles. The molecule has 0 spiro atoms. The fourth-order valence-corrected chi connectivity index (χ4v) is 3.53. The summed E-state index contributed by atoms with van der Waals surface area (Å²) >= 11 is 5.33. The monoisotopic (exact) mass is 324 g/mol. The second-order valence-electron chi connectivity index (χ2n) is 4.39. The summed E-state index contributed by atoms with van der Waals surface area (Å²) in [5, 5.41) is 7.69. The third-order valence-electron chi connectivity index (χ3n) is 2.96. The van der Waals surface area contributed by atoms with Gasteiger partial charge in [-0.05, 0) is 51.6 Å². The lowest BCUT2D eigenvalue weighted by molar-refractivity contribution is 0.691. The van der Waals surface area contributed by atoms with Crippen LogP contribution in [0.3, 0.4) is 0 Å². The highest BCUT2D eigenvalue weighted by atomic mass is 79.9. The van der Waals surface area contributed by atoms with E-state index in [4.69, 9.17) is 0 Å². The molecule has 2 aromatic rings. The minimum atomic E-state index is 0.227. The lowest BCUT2D eigenvalue weighted by atomic mass is 10.0. The molecule has 0 radical (unpaired) electrons. The number of halogens is 1. The summed E-state index contributed by atoms with van der Waals surface area (Å²) in [5.74, 6) is 0. The maximum Gasteiger partial charge on any atom is 0.0594 e. The van der Waals surface area contributed by atoms with E-state index in [9.17, 15) is 0 Å². The predicted octanol–water partition coefficient (Wildman–Crippen LogP) is 3.89. The van der Waals surface area contributed by atoms with Gasteiger partial charge in [-0.2, -0.15) is 11.3 Å². The Bertz CT molecular complexity index is 522. The van der Waals surface area contributed by atoms with Gasteiger partial charge in [-0.1, -0.05) is 12.1 Å². The van der Waals surface area contributed by atoms with E-state index in [2.05, 4.69) is 75.3 Å². The minimum absolute atomic E-state index is 0.227. The van der Waals surface area contributed by atoms with E-state index >= 15 is 0 Å². The molecule has 1 atom stereocenters. The molecule has 0 saturated carbocycles. The second kappa shape index (κ2) is 5.87. The maximum absolute atomic E-state index is 3.61. The van der Waals surface area contributed by atoms with Crippen LogP contribution in [0.15, 0.2) is 39.5 Å². The second-order valence-corrected chi connectivity index (χ2v) is 5.98. The predicted molar refractivity (Wildman–Crippen MR) is 83.7 cm³/mol. The summed E-state index contributed by atoms with van der Waals surface area (Å²) in [6, 6.07) is 8.85. The number of hydrogen-bond donors (Lipinski definition) is 1. The number of anilines is 1. The Labute approximate surface area is 121 Å². The fourth-order valence-electron chi connectivity index (χ4n) is 1.98. The highest BCUT2D eigenvalue weighted by molar-refractivity contribution is 9.10. The van der Waals surface area contributed by atoms with E-state index in [1.807, 2.05) is 7.05 Å². The lowest BCUT2D eigenvalue weighted by Gasteiger charge is -2.19. The van der Waals surface area contributed by atoms with Crippen molar-refractivity contribution < 1.29 is 0 Å². The molecule has 2 nitrogen and oxygen atoms in total. The topological polar surface area (TPSA) is 15.3 Å². The Hall–Kier alpha value is -0.840. The highest BCUT2D eigenvalue weighted by Gasteiger charge is 2.16. The molecule has 0 fully saturated rings. The summed E-state index contributed by atoms with van der Waals surface area (Å²) in [5.41, 5.74) is 3.79. The first kappa shape index (κ1) is 13.6. The molecule has 4 heteroatoms. The molecule has 0 bridgehead atoms. The molecule has 96 valence electrons. The molecular formula is C14H17BrN2S. The van der Waals surface area contributed by atoms with Crippen molar-refractivity contribution in [2.24, 2.45) is 0 Å². The maximum atomic E-state index is 3.61. The van der Waals surface area contributed by atoms with Crippen molar-refractivity contribution in [3.8, 4) is 0 Å². The zero-order valence-electron chi connectivity index (χ0n) is 10.8. The Morgan fingerprint density at radius 2 is 2.06 bits per heavy atom. The summed E-state index contributed by atoms with van der Waals surface area (Å²) in [7, 11) is 6.12. The molecule has 0 aliphatic rings. The number of rotatable bonds is 4. The van der Waals surface area contributed by atoms with E-state index in [1.54, 1.807) is 11.3 Å². The van der Waals surface area contributed by atoms with E-state index in [1.165, 1.54) is 21.3 Å². The van der Waals surface area contributed by atoms with Crippen molar-refractivity contribution in [1.82, 2.24) is 5.32 Å². The molecule has 2 rings (SSSR count). The van der Waals surface area contributed by atoms with Crippen molar-refractivity contribution >= 4 is 33.0 Å². The molecule has 18 heavy (non-hydrogen) atoms. The van der Waals surface area contributed by atoms with E-state index < -0.39 is 0 Å².